The van der Waals surface area contributed by atoms with Gasteiger partial charge in [0.2, 0.25) is 5.95 Å². The van der Waals surface area contributed by atoms with Crippen molar-refractivity contribution in [2.24, 2.45) is 0 Å². The fourth-order valence-electron chi connectivity index (χ4n) is 3.88. The van der Waals surface area contributed by atoms with Gasteiger partial charge in [0, 0.05) is 28.6 Å². The van der Waals surface area contributed by atoms with Crippen molar-refractivity contribution in [1.82, 2.24) is 20.3 Å². The maximum Gasteiger partial charge on any atom is 0.221 e. The number of nitrogens with one attached hydrogen (secondary N) is 1. The van der Waals surface area contributed by atoms with E-state index in [0.29, 0.717) is 0 Å². The van der Waals surface area contributed by atoms with Crippen LogP contribution in [0.25, 0.3) is 32.7 Å². The topological polar surface area (TPSA) is 95.2 Å². The normalized spacial score (nSPS) is 14.6. The standard InChI is InChI=1S/C23H23N5O2S/c1-29-16-4-2-3-14(11-16)21-17-12-18(22-26-9-10-31-22)20(13-19(17)27-23(24)28-21)30-15-5-7-25-8-6-15/h2-4,9-13,15,25H,5-8H2,1H3,(H2,24,27,28). The summed E-state index contributed by atoms with van der Waals surface area (Å²) in [5, 5.41) is 7.14. The van der Waals surface area contributed by atoms with E-state index < -0.39 is 0 Å². The van der Waals surface area contributed by atoms with Gasteiger partial charge in [0.15, 0.2) is 0 Å². The van der Waals surface area contributed by atoms with E-state index in [1.54, 1.807) is 24.6 Å². The third-order valence-electron chi connectivity index (χ3n) is 5.40. The molecule has 1 fully saturated rings. The lowest BCUT2D eigenvalue weighted by atomic mass is 10.0. The highest BCUT2D eigenvalue weighted by Crippen LogP contribution is 2.39. The van der Waals surface area contributed by atoms with Gasteiger partial charge in [-0.1, -0.05) is 12.1 Å². The fourth-order valence-corrected chi connectivity index (χ4v) is 4.54. The number of benzene rings is 2. The van der Waals surface area contributed by atoms with Gasteiger partial charge in [-0.3, -0.25) is 0 Å². The van der Waals surface area contributed by atoms with Gasteiger partial charge in [-0.05, 0) is 44.1 Å². The Hall–Kier alpha value is -3.23. The first kappa shape index (κ1) is 19.7. The fraction of sp³-hybridized carbons (Fsp3) is 0.261. The molecule has 158 valence electrons. The summed E-state index contributed by atoms with van der Waals surface area (Å²) < 4.78 is 11.8. The molecule has 1 aliphatic heterocycles. The lowest BCUT2D eigenvalue weighted by Crippen LogP contribution is -2.34. The van der Waals surface area contributed by atoms with Crippen LogP contribution in [0.1, 0.15) is 12.8 Å². The van der Waals surface area contributed by atoms with Gasteiger partial charge >= 0.3 is 0 Å². The minimum Gasteiger partial charge on any atom is -0.497 e. The molecule has 2 aromatic carbocycles. The molecule has 3 N–H and O–H groups in total. The van der Waals surface area contributed by atoms with Crippen LogP contribution < -0.4 is 20.5 Å². The monoisotopic (exact) mass is 433 g/mol. The molecule has 0 saturated carbocycles. The molecule has 0 radical (unpaired) electrons. The van der Waals surface area contributed by atoms with Crippen molar-refractivity contribution in [2.45, 2.75) is 18.9 Å². The number of piperidine rings is 1. The number of methoxy groups -OCH3 is 1. The zero-order chi connectivity index (χ0) is 21.2. The molecular weight excluding hydrogens is 410 g/mol. The predicted octanol–water partition coefficient (Wildman–Crippen LogP) is 4.14. The molecule has 0 spiro atoms. The summed E-state index contributed by atoms with van der Waals surface area (Å²) in [4.78, 5) is 13.6. The van der Waals surface area contributed by atoms with E-state index in [2.05, 4.69) is 26.3 Å². The van der Waals surface area contributed by atoms with Crippen molar-refractivity contribution in [3.05, 3.63) is 48.0 Å². The van der Waals surface area contributed by atoms with E-state index in [0.717, 1.165) is 70.2 Å². The van der Waals surface area contributed by atoms with Crippen LogP contribution in [0.3, 0.4) is 0 Å². The zero-order valence-corrected chi connectivity index (χ0v) is 18.0. The number of thiazole rings is 1. The number of nitrogens with zero attached hydrogens (tertiary/aromatic N) is 3. The largest absolute Gasteiger partial charge is 0.497 e. The van der Waals surface area contributed by atoms with Crippen LogP contribution in [0, 0.1) is 0 Å². The van der Waals surface area contributed by atoms with Crippen molar-refractivity contribution in [3.63, 3.8) is 0 Å². The number of hydrogen-bond acceptors (Lipinski definition) is 8. The summed E-state index contributed by atoms with van der Waals surface area (Å²) in [5.41, 5.74) is 9.44. The second kappa shape index (κ2) is 8.49. The summed E-state index contributed by atoms with van der Waals surface area (Å²) >= 11 is 1.58. The third-order valence-corrected chi connectivity index (χ3v) is 6.21. The van der Waals surface area contributed by atoms with Gasteiger partial charge in [-0.25, -0.2) is 15.0 Å². The molecule has 0 atom stereocenters. The van der Waals surface area contributed by atoms with Crippen molar-refractivity contribution in [2.75, 3.05) is 25.9 Å². The summed E-state index contributed by atoms with van der Waals surface area (Å²) in [6.07, 6.45) is 3.91. The maximum absolute atomic E-state index is 6.45. The molecular formula is C23H23N5O2S. The third kappa shape index (κ3) is 4.04. The summed E-state index contributed by atoms with van der Waals surface area (Å²) in [5.74, 6) is 1.76. The van der Waals surface area contributed by atoms with E-state index >= 15 is 0 Å². The quantitative estimate of drug-likeness (QED) is 0.488. The minimum absolute atomic E-state index is 0.162. The Balaban J connectivity index is 1.69. The van der Waals surface area contributed by atoms with Crippen LogP contribution in [0.15, 0.2) is 48.0 Å². The van der Waals surface area contributed by atoms with Gasteiger partial charge in [-0.15, -0.1) is 11.3 Å². The number of ether oxygens (including phenoxy) is 2. The van der Waals surface area contributed by atoms with Gasteiger partial charge in [0.1, 0.15) is 22.6 Å². The highest BCUT2D eigenvalue weighted by atomic mass is 32.1. The SMILES string of the molecule is COc1cccc(-c2nc(N)nc3cc(OC4CCNCC4)c(-c4nccs4)cc23)c1. The Morgan fingerprint density at radius 3 is 2.77 bits per heavy atom. The van der Waals surface area contributed by atoms with E-state index in [1.165, 1.54) is 0 Å². The van der Waals surface area contributed by atoms with Crippen LogP contribution in [0.4, 0.5) is 5.95 Å². The van der Waals surface area contributed by atoms with E-state index in [4.69, 9.17) is 15.2 Å². The Labute approximate surface area is 184 Å². The smallest absolute Gasteiger partial charge is 0.221 e. The van der Waals surface area contributed by atoms with Crippen LogP contribution in [0.2, 0.25) is 0 Å². The van der Waals surface area contributed by atoms with Crippen molar-refractivity contribution in [1.29, 1.82) is 0 Å². The molecule has 5 rings (SSSR count). The highest BCUT2D eigenvalue weighted by molar-refractivity contribution is 7.13. The molecule has 3 heterocycles. The van der Waals surface area contributed by atoms with E-state index in [1.807, 2.05) is 35.7 Å². The number of hydrogen-bond donors (Lipinski definition) is 2. The second-order valence-electron chi connectivity index (χ2n) is 7.43. The molecule has 8 heteroatoms. The molecule has 0 bridgehead atoms. The van der Waals surface area contributed by atoms with Gasteiger partial charge in [0.05, 0.1) is 23.9 Å². The van der Waals surface area contributed by atoms with Gasteiger partial charge in [-0.2, -0.15) is 0 Å². The molecule has 1 aliphatic rings. The number of fused-ring (bicyclic) bond motifs is 1. The molecule has 4 aromatic rings. The molecule has 1 saturated heterocycles. The molecule has 0 unspecified atom stereocenters. The first-order valence-corrected chi connectivity index (χ1v) is 11.1. The molecule has 31 heavy (non-hydrogen) atoms. The van der Waals surface area contributed by atoms with E-state index in [-0.39, 0.29) is 12.1 Å². The van der Waals surface area contributed by atoms with Crippen LogP contribution >= 0.6 is 11.3 Å². The number of nitrogens with two attached hydrogens (primary N) is 1. The minimum atomic E-state index is 0.162. The van der Waals surface area contributed by atoms with Crippen LogP contribution in [-0.4, -0.2) is 41.3 Å². The molecule has 0 amide bonds. The average Bonchev–Trinajstić information content (AvgIpc) is 3.33. The van der Waals surface area contributed by atoms with Gasteiger partial charge in [0.25, 0.3) is 0 Å². The highest BCUT2D eigenvalue weighted by Gasteiger charge is 2.20. The maximum atomic E-state index is 6.45. The zero-order valence-electron chi connectivity index (χ0n) is 17.2. The number of aromatic nitrogens is 3. The number of nitrogen functional groups attached to an aromatic ring is 1. The molecule has 0 aliphatic carbocycles. The predicted molar refractivity (Wildman–Crippen MR) is 124 cm³/mol. The molecule has 7 nitrogen and oxygen atoms in total. The lowest BCUT2D eigenvalue weighted by molar-refractivity contribution is 0.163. The first-order valence-electron chi connectivity index (χ1n) is 10.2. The molecule has 2 aromatic heterocycles. The Bertz CT molecular complexity index is 1210. The Morgan fingerprint density at radius 2 is 2.00 bits per heavy atom. The average molecular weight is 434 g/mol. The lowest BCUT2D eigenvalue weighted by Gasteiger charge is -2.25. The first-order chi connectivity index (χ1) is 15.2. The van der Waals surface area contributed by atoms with Crippen LogP contribution in [0.5, 0.6) is 11.5 Å². The second-order valence-corrected chi connectivity index (χ2v) is 8.33. The Kier molecular flexibility index (Phi) is 5.40. The summed E-state index contributed by atoms with van der Waals surface area (Å²) in [6, 6.07) is 11.8. The van der Waals surface area contributed by atoms with Crippen molar-refractivity contribution < 1.29 is 9.47 Å². The summed E-state index contributed by atoms with van der Waals surface area (Å²) in [6.45, 7) is 1.92. The van der Waals surface area contributed by atoms with Gasteiger partial charge < -0.3 is 20.5 Å². The van der Waals surface area contributed by atoms with Crippen LogP contribution in [-0.2, 0) is 0 Å². The number of rotatable bonds is 5. The van der Waals surface area contributed by atoms with Crippen molar-refractivity contribution >= 4 is 28.2 Å². The van der Waals surface area contributed by atoms with E-state index in [9.17, 15) is 0 Å². The van der Waals surface area contributed by atoms with Crippen molar-refractivity contribution in [3.8, 4) is 33.3 Å². The summed E-state index contributed by atoms with van der Waals surface area (Å²) in [7, 11) is 1.65. The number of anilines is 1. The Morgan fingerprint density at radius 1 is 1.13 bits per heavy atom.